The maximum atomic E-state index is 13.4. The first kappa shape index (κ1) is 48.1. The van der Waals surface area contributed by atoms with Gasteiger partial charge in [-0.2, -0.15) is 0 Å². The molecular weight excluding hydrogens is 856 g/mol. The molecular formula is C50H63N6O7PSi. The molecule has 1 N–H and O–H groups in total. The highest BCUT2D eigenvalue weighted by Gasteiger charge is 2.54. The van der Waals surface area contributed by atoms with E-state index in [2.05, 4.69) is 101 Å². The summed E-state index contributed by atoms with van der Waals surface area (Å²) in [5.41, 5.74) is 3.04. The zero-order chi connectivity index (χ0) is 46.5. The van der Waals surface area contributed by atoms with Crippen LogP contribution in [-0.4, -0.2) is 89.6 Å². The van der Waals surface area contributed by atoms with Gasteiger partial charge in [-0.15, -0.1) is 0 Å². The number of anilines is 1. The minimum Gasteiger partial charge on any atom is -0.497 e. The lowest BCUT2D eigenvalue weighted by atomic mass is 9.80. The van der Waals surface area contributed by atoms with Crippen LogP contribution < -0.4 is 10.1 Å². The lowest BCUT2D eigenvalue weighted by molar-refractivity contribution is -0.0925. The number of ether oxygens (including phenoxy) is 3. The van der Waals surface area contributed by atoms with Gasteiger partial charge in [0.05, 0.1) is 20.0 Å². The standard InChI is InChI=1S/C50H63N6O7PSi/c1-34(2)56(35(3)4)64(59-9)62-43-41(31-60-50(37-23-17-13-18-24-37,38-25-19-14-20-26-38)39-27-29-40(58-8)30-28-39)61-48(44(43)63-65(10,11)49(5,6)7)55-33-53-42-45(51-32-52-46(42)55)54-47(57)36-21-15-12-16-22-36/h12-30,32-35,41,43-44,48H,31H2,1-11H3,(H,51,52,54,57)/t41-,43-,44-,48-,64?/m1/s1. The first-order chi connectivity index (χ1) is 31.1. The average molecular weight is 919 g/mol. The van der Waals surface area contributed by atoms with E-state index < -0.39 is 47.0 Å². The van der Waals surface area contributed by atoms with Crippen molar-refractivity contribution in [1.29, 1.82) is 0 Å². The SMILES string of the molecule is COc1ccc(C(OC[C@H]2O[C@@H](n3cnc4c(NC(=O)c5ccccc5)ncnc43)[C@H](O[Si](C)(C)C(C)(C)C)[C@@H]2OP(OC)N(C(C)C)C(C)C)(c2ccccc2)c2ccccc2)cc1. The van der Waals surface area contributed by atoms with Crippen LogP contribution in [0.25, 0.3) is 11.2 Å². The first-order valence-corrected chi connectivity index (χ1v) is 26.2. The van der Waals surface area contributed by atoms with Crippen LogP contribution in [0.3, 0.4) is 0 Å². The summed E-state index contributed by atoms with van der Waals surface area (Å²) < 4.78 is 45.7. The number of rotatable bonds is 18. The number of carbonyl (C=O) groups is 1. The van der Waals surface area contributed by atoms with Crippen LogP contribution in [-0.2, 0) is 28.5 Å². The maximum absolute atomic E-state index is 13.4. The summed E-state index contributed by atoms with van der Waals surface area (Å²) in [6.45, 7) is 19.7. The summed E-state index contributed by atoms with van der Waals surface area (Å²) in [7, 11) is -0.860. The zero-order valence-corrected chi connectivity index (χ0v) is 41.2. The Morgan fingerprint density at radius 2 is 1.37 bits per heavy atom. The van der Waals surface area contributed by atoms with Crippen LogP contribution >= 0.6 is 8.53 Å². The molecule has 15 heteroatoms. The Morgan fingerprint density at radius 1 is 0.800 bits per heavy atom. The monoisotopic (exact) mass is 918 g/mol. The molecule has 1 amide bonds. The Hall–Kier alpha value is -4.89. The van der Waals surface area contributed by atoms with E-state index >= 15 is 0 Å². The van der Waals surface area contributed by atoms with Gasteiger partial charge in [0.15, 0.2) is 31.5 Å². The van der Waals surface area contributed by atoms with Crippen LogP contribution in [0.4, 0.5) is 5.82 Å². The molecule has 2 aromatic heterocycles. The highest BCUT2D eigenvalue weighted by atomic mass is 31.2. The molecule has 1 unspecified atom stereocenters. The van der Waals surface area contributed by atoms with Crippen LogP contribution in [0.1, 0.15) is 81.7 Å². The number of nitrogens with one attached hydrogen (secondary N) is 1. The fourth-order valence-electron chi connectivity index (χ4n) is 8.13. The van der Waals surface area contributed by atoms with Gasteiger partial charge in [0.2, 0.25) is 0 Å². The van der Waals surface area contributed by atoms with E-state index in [9.17, 15) is 4.79 Å². The van der Waals surface area contributed by atoms with Crippen LogP contribution in [0.15, 0.2) is 128 Å². The van der Waals surface area contributed by atoms with Crippen molar-refractivity contribution in [3.8, 4) is 5.75 Å². The Balaban J connectivity index is 1.38. The molecule has 4 aromatic carbocycles. The van der Waals surface area contributed by atoms with Gasteiger partial charge in [-0.05, 0) is 86.8 Å². The second-order valence-electron chi connectivity index (χ2n) is 18.3. The van der Waals surface area contributed by atoms with Gasteiger partial charge < -0.3 is 33.0 Å². The zero-order valence-electron chi connectivity index (χ0n) is 39.3. The number of benzene rings is 4. The van der Waals surface area contributed by atoms with E-state index in [1.54, 1.807) is 32.7 Å². The Bertz CT molecular complexity index is 2420. The molecule has 1 aliphatic heterocycles. The number of imidazole rings is 1. The summed E-state index contributed by atoms with van der Waals surface area (Å²) >= 11 is 0. The van der Waals surface area contributed by atoms with Gasteiger partial charge in [0.25, 0.3) is 14.4 Å². The van der Waals surface area contributed by atoms with Gasteiger partial charge in [0.1, 0.15) is 36.0 Å². The number of carbonyl (C=O) groups excluding carboxylic acids is 1. The number of aromatic nitrogens is 4. The topological polar surface area (TPSA) is 131 Å². The molecule has 0 aliphatic carbocycles. The van der Waals surface area contributed by atoms with E-state index in [4.69, 9.17) is 37.7 Å². The molecule has 3 heterocycles. The highest BCUT2D eigenvalue weighted by Crippen LogP contribution is 2.52. The maximum Gasteiger partial charge on any atom is 0.259 e. The quantitative estimate of drug-likeness (QED) is 0.0502. The number of methoxy groups -OCH3 is 1. The number of hydrogen-bond donors (Lipinski definition) is 1. The van der Waals surface area contributed by atoms with Crippen molar-refractivity contribution in [2.75, 3.05) is 26.1 Å². The van der Waals surface area contributed by atoms with E-state index in [1.165, 1.54) is 6.33 Å². The summed E-state index contributed by atoms with van der Waals surface area (Å²) in [5.74, 6) is 0.696. The first-order valence-electron chi connectivity index (χ1n) is 22.2. The normalized spacial score (nSPS) is 18.7. The molecule has 1 fully saturated rings. The van der Waals surface area contributed by atoms with Gasteiger partial charge in [0, 0.05) is 24.8 Å². The van der Waals surface area contributed by atoms with E-state index in [0.717, 1.165) is 22.4 Å². The number of fused-ring (bicyclic) bond motifs is 1. The third kappa shape index (κ3) is 10.1. The smallest absolute Gasteiger partial charge is 0.259 e. The molecule has 65 heavy (non-hydrogen) atoms. The van der Waals surface area contributed by atoms with Crippen molar-refractivity contribution >= 4 is 39.7 Å². The second-order valence-corrected chi connectivity index (χ2v) is 24.6. The molecule has 0 radical (unpaired) electrons. The summed E-state index contributed by atoms with van der Waals surface area (Å²) in [6, 6.07) is 37.7. The van der Waals surface area contributed by atoms with Crippen molar-refractivity contribution in [3.63, 3.8) is 0 Å². The van der Waals surface area contributed by atoms with Crippen molar-refractivity contribution in [2.45, 2.75) is 109 Å². The number of nitrogens with zero attached hydrogens (tertiary/aromatic N) is 5. The molecule has 1 saturated heterocycles. The molecule has 7 rings (SSSR count). The lowest BCUT2D eigenvalue weighted by Crippen LogP contribution is -2.50. The van der Waals surface area contributed by atoms with E-state index in [-0.39, 0.29) is 35.5 Å². The van der Waals surface area contributed by atoms with Crippen molar-refractivity contribution in [1.82, 2.24) is 24.2 Å². The number of hydrogen-bond acceptors (Lipinski definition) is 11. The average Bonchev–Trinajstić information content (AvgIpc) is 3.87. The van der Waals surface area contributed by atoms with Gasteiger partial charge in [-0.25, -0.2) is 19.6 Å². The molecule has 1 aliphatic rings. The fourth-order valence-corrected chi connectivity index (χ4v) is 11.0. The van der Waals surface area contributed by atoms with Crippen LogP contribution in [0, 0.1) is 0 Å². The summed E-state index contributed by atoms with van der Waals surface area (Å²) in [4.78, 5) is 27.4. The van der Waals surface area contributed by atoms with Crippen molar-refractivity contribution in [2.24, 2.45) is 0 Å². The van der Waals surface area contributed by atoms with Gasteiger partial charge in [-0.1, -0.05) is 112 Å². The Kier molecular flexibility index (Phi) is 15.0. The molecule has 5 atom stereocenters. The Labute approximate surface area is 385 Å². The third-order valence-electron chi connectivity index (χ3n) is 12.4. The molecule has 0 bridgehead atoms. The predicted octanol–water partition coefficient (Wildman–Crippen LogP) is 10.8. The Morgan fingerprint density at radius 3 is 1.91 bits per heavy atom. The molecule has 6 aromatic rings. The summed E-state index contributed by atoms with van der Waals surface area (Å²) in [6.07, 6.45) is 0.182. The minimum absolute atomic E-state index is 0.0740. The van der Waals surface area contributed by atoms with Gasteiger partial charge in [-0.3, -0.25) is 9.36 Å². The second kappa shape index (κ2) is 20.3. The van der Waals surface area contributed by atoms with E-state index in [1.807, 2.05) is 83.4 Å². The van der Waals surface area contributed by atoms with E-state index in [0.29, 0.717) is 16.7 Å². The summed E-state index contributed by atoms with van der Waals surface area (Å²) in [5, 5.41) is 2.77. The number of amides is 1. The molecule has 0 spiro atoms. The molecule has 344 valence electrons. The van der Waals surface area contributed by atoms with Crippen molar-refractivity contribution < 1.29 is 32.5 Å². The lowest BCUT2D eigenvalue weighted by Gasteiger charge is -2.42. The largest absolute Gasteiger partial charge is 0.497 e. The molecule has 0 saturated carbocycles. The van der Waals surface area contributed by atoms with Crippen LogP contribution in [0.5, 0.6) is 5.75 Å². The van der Waals surface area contributed by atoms with Crippen molar-refractivity contribution in [3.05, 3.63) is 150 Å². The minimum atomic E-state index is -2.58. The fraction of sp³-hybridized carbons (Fsp3) is 0.400. The highest BCUT2D eigenvalue weighted by molar-refractivity contribution is 7.44. The van der Waals surface area contributed by atoms with Gasteiger partial charge >= 0.3 is 0 Å². The van der Waals surface area contributed by atoms with Crippen LogP contribution in [0.2, 0.25) is 18.1 Å². The third-order valence-corrected chi connectivity index (χ3v) is 18.9. The predicted molar refractivity (Wildman–Crippen MR) is 258 cm³/mol. The molecule has 13 nitrogen and oxygen atoms in total.